The lowest BCUT2D eigenvalue weighted by molar-refractivity contribution is -0.121. The van der Waals surface area contributed by atoms with Crippen molar-refractivity contribution in [2.24, 2.45) is 0 Å². The molecule has 6 aromatic carbocycles. The van der Waals surface area contributed by atoms with Gasteiger partial charge in [0.15, 0.2) is 6.10 Å². The van der Waals surface area contributed by atoms with Crippen LogP contribution in [-0.2, 0) is 25.7 Å². The first kappa shape index (κ1) is 45.4. The molecule has 0 unspecified atom stereocenters. The van der Waals surface area contributed by atoms with Gasteiger partial charge >= 0.3 is 6.09 Å². The molecule has 0 saturated heterocycles. The van der Waals surface area contributed by atoms with Crippen LogP contribution in [0.1, 0.15) is 77.5 Å². The Kier molecular flexibility index (Phi) is 12.6. The van der Waals surface area contributed by atoms with Crippen LogP contribution in [0.25, 0.3) is 32.0 Å². The molecule has 0 radical (unpaired) electrons. The fraction of sp³-hybridized carbons (Fsp3) is 0.273. The number of thiophene rings is 1. The largest absolute Gasteiger partial charge is 0.487 e. The number of aryl methyl sites for hydroxylation is 1. The number of carbonyl (C=O) groups is 4. The maximum absolute atomic E-state index is 14.3. The maximum atomic E-state index is 14.3. The van der Waals surface area contributed by atoms with Crippen LogP contribution in [0.4, 0.5) is 21.9 Å². The first-order valence-corrected chi connectivity index (χ1v) is 24.9. The molecular weight excluding hydrogens is 916 g/mol. The minimum absolute atomic E-state index is 0.0419. The number of hydrogen-bond acceptors (Lipinski definition) is 7. The molecule has 13 heteroatoms. The second kappa shape index (κ2) is 18.9. The van der Waals surface area contributed by atoms with E-state index in [1.54, 1.807) is 30.2 Å². The highest BCUT2D eigenvalue weighted by Crippen LogP contribution is 2.50. The van der Waals surface area contributed by atoms with Crippen LogP contribution in [-0.4, -0.2) is 66.7 Å². The van der Waals surface area contributed by atoms with Gasteiger partial charge in [0.2, 0.25) is 17.7 Å². The monoisotopic (exact) mass is 964 g/mol. The van der Waals surface area contributed by atoms with Crippen molar-refractivity contribution in [3.63, 3.8) is 0 Å². The Balaban J connectivity index is 0.840. The molecule has 3 heterocycles. The van der Waals surface area contributed by atoms with Crippen molar-refractivity contribution >= 4 is 96.3 Å². The molecule has 1 aliphatic carbocycles. The van der Waals surface area contributed by atoms with E-state index in [2.05, 4.69) is 17.6 Å². The van der Waals surface area contributed by atoms with Crippen LogP contribution in [0.15, 0.2) is 121 Å². The first-order chi connectivity index (χ1) is 33.1. The quantitative estimate of drug-likeness (QED) is 0.115. The van der Waals surface area contributed by atoms with Crippen LogP contribution in [0.2, 0.25) is 0 Å². The fourth-order valence-corrected chi connectivity index (χ4v) is 11.7. The number of halogens is 2. The minimum Gasteiger partial charge on any atom is -0.487 e. The minimum atomic E-state index is -0.914. The maximum Gasteiger partial charge on any atom is 0.411 e. The van der Waals surface area contributed by atoms with Crippen molar-refractivity contribution in [1.82, 2.24) is 4.90 Å². The number of fused-ring (bicyclic) bond motifs is 9. The Morgan fingerprint density at radius 3 is 1.99 bits per heavy atom. The molecule has 10 rings (SSSR count). The molecule has 10 nitrogen and oxygen atoms in total. The molecule has 3 aliphatic rings. The third-order valence-corrected chi connectivity index (χ3v) is 15.6. The second-order valence-electron chi connectivity index (χ2n) is 17.9. The summed E-state index contributed by atoms with van der Waals surface area (Å²) in [5.74, 6) is 0.550. The van der Waals surface area contributed by atoms with Crippen LogP contribution in [0, 0.1) is 6.92 Å². The Labute approximate surface area is 409 Å². The van der Waals surface area contributed by atoms with Crippen molar-refractivity contribution in [2.75, 3.05) is 47.0 Å². The molecule has 1 aromatic heterocycles. The van der Waals surface area contributed by atoms with E-state index in [1.807, 2.05) is 120 Å². The molecular formula is C55H50Cl2N4O6S. The number of benzene rings is 6. The number of carbonyl (C=O) groups excluding carboxylic acids is 4. The van der Waals surface area contributed by atoms with E-state index in [0.29, 0.717) is 43.4 Å². The first-order valence-electron chi connectivity index (χ1n) is 23.0. The number of rotatable bonds is 13. The van der Waals surface area contributed by atoms with Crippen LogP contribution >= 0.6 is 34.5 Å². The van der Waals surface area contributed by atoms with Gasteiger partial charge in [-0.15, -0.1) is 34.5 Å². The normalized spacial score (nSPS) is 16.3. The number of nitrogens with zero attached hydrogens (tertiary/aromatic N) is 3. The van der Waals surface area contributed by atoms with Gasteiger partial charge in [0.25, 0.3) is 0 Å². The lowest BCUT2D eigenvalue weighted by Crippen LogP contribution is -2.43. The number of anilines is 3. The van der Waals surface area contributed by atoms with Crippen molar-refractivity contribution in [2.45, 2.75) is 63.7 Å². The van der Waals surface area contributed by atoms with Gasteiger partial charge in [0.1, 0.15) is 18.4 Å². The summed E-state index contributed by atoms with van der Waals surface area (Å²) in [7, 11) is 1.55. The number of likely N-dealkylation sites (N-methyl/N-ethyl adjacent to an activating group) is 1. The van der Waals surface area contributed by atoms with Gasteiger partial charge < -0.3 is 24.6 Å². The Hall–Kier alpha value is -6.40. The average Bonchev–Trinajstić information content (AvgIpc) is 4.13. The zero-order valence-corrected chi connectivity index (χ0v) is 40.3. The van der Waals surface area contributed by atoms with E-state index < -0.39 is 24.1 Å². The number of ether oxygens (including phenoxy) is 2. The molecule has 4 amide bonds. The molecule has 2 aliphatic heterocycles. The molecule has 1 N–H and O–H groups in total. The van der Waals surface area contributed by atoms with Gasteiger partial charge in [-0.05, 0) is 70.5 Å². The molecule has 3 atom stereocenters. The Morgan fingerprint density at radius 1 is 0.765 bits per heavy atom. The highest BCUT2D eigenvalue weighted by molar-refractivity contribution is 7.17. The summed E-state index contributed by atoms with van der Waals surface area (Å²) >= 11 is 14.8. The molecule has 0 fully saturated rings. The second-order valence-corrected chi connectivity index (χ2v) is 19.4. The number of alkyl halides is 2. The number of hydrogen-bond donors (Lipinski definition) is 1. The molecule has 68 heavy (non-hydrogen) atoms. The summed E-state index contributed by atoms with van der Waals surface area (Å²) in [5, 5.41) is 7.96. The van der Waals surface area contributed by atoms with Gasteiger partial charge in [-0.1, -0.05) is 103 Å². The summed E-state index contributed by atoms with van der Waals surface area (Å²) in [6, 6.07) is 36.3. The van der Waals surface area contributed by atoms with Crippen molar-refractivity contribution in [3.8, 4) is 16.9 Å². The van der Waals surface area contributed by atoms with E-state index in [4.69, 9.17) is 32.7 Å². The van der Waals surface area contributed by atoms with Gasteiger partial charge in [0.05, 0.1) is 16.1 Å². The summed E-state index contributed by atoms with van der Waals surface area (Å²) < 4.78 is 13.6. The van der Waals surface area contributed by atoms with Gasteiger partial charge in [-0.25, -0.2) is 4.79 Å². The molecule has 346 valence electrons. The van der Waals surface area contributed by atoms with E-state index >= 15 is 0 Å². The predicted octanol–water partition coefficient (Wildman–Crippen LogP) is 12.3. The lowest BCUT2D eigenvalue weighted by atomic mass is 9.95. The summed E-state index contributed by atoms with van der Waals surface area (Å²) in [5.41, 5.74) is 9.97. The number of amides is 4. The van der Waals surface area contributed by atoms with Gasteiger partial charge in [0, 0.05) is 90.2 Å². The van der Waals surface area contributed by atoms with Crippen LogP contribution < -0.4 is 19.9 Å². The fourth-order valence-electron chi connectivity index (χ4n) is 10.2. The third-order valence-electron chi connectivity index (χ3n) is 13.8. The smallest absolute Gasteiger partial charge is 0.411 e. The summed E-state index contributed by atoms with van der Waals surface area (Å²) in [6.07, 6.45) is -0.622. The van der Waals surface area contributed by atoms with E-state index in [1.165, 1.54) is 4.90 Å². The standard InChI is InChI=1S/C55H50Cl2N4O6S/c1-32-31-68-53-46(66-30-34-14-5-4-6-15-34)25-45-51(49(32)53)36(27-57)29-61(45)48(63)23-13-22-47(62)60-28-35(26-56)50-40-19-10-9-18-39(40)43(24-44(50)60)58-54(64)33(2)59(3)55(65)67-52-41-20-11-7-16-37(41)38-17-8-12-21-42(38)52/h4-12,14-21,24-25,31,33,35-36,52H,13,22-23,26-30H2,1-3H3,(H,58,64)/t33-,35+,36+/m0/s1. The third kappa shape index (κ3) is 8.14. The van der Waals surface area contributed by atoms with Crippen LogP contribution in [0.3, 0.4) is 0 Å². The zero-order valence-electron chi connectivity index (χ0n) is 38.0. The molecule has 0 saturated carbocycles. The Morgan fingerprint density at radius 2 is 1.34 bits per heavy atom. The number of nitrogens with one attached hydrogen (secondary N) is 1. The van der Waals surface area contributed by atoms with Crippen molar-refractivity contribution < 1.29 is 28.7 Å². The van der Waals surface area contributed by atoms with Gasteiger partial charge in [-0.2, -0.15) is 0 Å². The van der Waals surface area contributed by atoms with Crippen molar-refractivity contribution in [1.29, 1.82) is 0 Å². The zero-order chi connectivity index (χ0) is 47.2. The Bertz CT molecular complexity index is 3080. The lowest BCUT2D eigenvalue weighted by Gasteiger charge is -2.26. The van der Waals surface area contributed by atoms with Gasteiger partial charge in [-0.3, -0.25) is 19.3 Å². The topological polar surface area (TPSA) is 108 Å². The summed E-state index contributed by atoms with van der Waals surface area (Å²) in [6.45, 7) is 4.96. The highest BCUT2D eigenvalue weighted by atomic mass is 35.5. The molecule has 7 aromatic rings. The average molecular weight is 966 g/mol. The van der Waals surface area contributed by atoms with E-state index in [-0.39, 0.29) is 42.4 Å². The van der Waals surface area contributed by atoms with Crippen LogP contribution in [0.5, 0.6) is 5.75 Å². The van der Waals surface area contributed by atoms with E-state index in [0.717, 1.165) is 76.8 Å². The molecule has 0 spiro atoms. The highest BCUT2D eigenvalue weighted by Gasteiger charge is 2.38. The van der Waals surface area contributed by atoms with E-state index in [9.17, 15) is 19.2 Å². The van der Waals surface area contributed by atoms with Crippen molar-refractivity contribution in [3.05, 3.63) is 154 Å². The summed E-state index contributed by atoms with van der Waals surface area (Å²) in [4.78, 5) is 61.1. The molecule has 0 bridgehead atoms. The predicted molar refractivity (Wildman–Crippen MR) is 273 cm³/mol. The SMILES string of the molecule is Cc1csc2c(OCc3ccccc3)cc3c(c12)[C@H](CCl)CN3C(=O)CCCC(=O)N1C[C@@H](CCl)c2c1cc(NC(=O)[C@H](C)N(C)C(=O)OC1c3ccccc3-c3ccccc31)c1ccccc21.